The van der Waals surface area contributed by atoms with Gasteiger partial charge in [-0.25, -0.2) is 9.61 Å². The third kappa shape index (κ3) is 5.09. The fraction of sp³-hybridized carbons (Fsp3) is 0.0476. The molecule has 0 saturated heterocycles. The first kappa shape index (κ1) is 22.8. The molecule has 3 heterocycles. The molecule has 0 aliphatic carbocycles. The van der Waals surface area contributed by atoms with Gasteiger partial charge in [-0.1, -0.05) is 23.7 Å². The molecule has 0 spiro atoms. The summed E-state index contributed by atoms with van der Waals surface area (Å²) in [4.78, 5) is 19.2. The molecule has 12 nitrogen and oxygen atoms in total. The number of non-ortho nitro benzene ring substituents is 1. The molecule has 0 fully saturated rings. The number of aromatic nitrogens is 4. The lowest BCUT2D eigenvalue weighted by Gasteiger charge is -2.09. The van der Waals surface area contributed by atoms with Crippen LogP contribution in [0.4, 0.5) is 23.0 Å². The van der Waals surface area contributed by atoms with E-state index < -0.39 is 4.92 Å². The van der Waals surface area contributed by atoms with Gasteiger partial charge >= 0.3 is 0 Å². The number of nitrogens with zero attached hydrogens (tertiary/aromatic N) is 7. The maximum Gasteiger partial charge on any atom is 0.270 e. The minimum Gasteiger partial charge on any atom is -0.459 e. The Labute approximate surface area is 214 Å². The average molecular weight is 603 g/mol. The van der Waals surface area contributed by atoms with Gasteiger partial charge in [-0.15, -0.1) is 5.11 Å². The van der Waals surface area contributed by atoms with Crippen molar-refractivity contribution in [2.45, 2.75) is 6.54 Å². The Balaban J connectivity index is 1.38. The first-order valence-corrected chi connectivity index (χ1v) is 11.4. The van der Waals surface area contributed by atoms with Crippen molar-refractivity contribution in [3.63, 3.8) is 0 Å². The molecule has 3 aromatic heterocycles. The highest BCUT2D eigenvalue weighted by molar-refractivity contribution is 14.1. The van der Waals surface area contributed by atoms with Crippen LogP contribution in [0.5, 0.6) is 0 Å². The zero-order valence-corrected chi connectivity index (χ0v) is 20.3. The number of rotatable bonds is 7. The van der Waals surface area contributed by atoms with Crippen LogP contribution in [0.3, 0.4) is 0 Å². The number of hydrogen-bond donors (Lipinski definition) is 1. The summed E-state index contributed by atoms with van der Waals surface area (Å²) in [6.07, 6.45) is 0. The topological polar surface area (TPSA) is 158 Å². The molecule has 0 amide bonds. The highest BCUT2D eigenvalue weighted by atomic mass is 127. The summed E-state index contributed by atoms with van der Waals surface area (Å²) < 4.78 is 11.3. The van der Waals surface area contributed by atoms with Crippen molar-refractivity contribution in [3.8, 4) is 11.3 Å². The van der Waals surface area contributed by atoms with Gasteiger partial charge < -0.3 is 9.73 Å². The number of nitro groups is 1. The van der Waals surface area contributed by atoms with Gasteiger partial charge in [0.05, 0.1) is 10.6 Å². The average Bonchev–Trinajstić information content (AvgIpc) is 3.50. The van der Waals surface area contributed by atoms with Gasteiger partial charge in [-0.3, -0.25) is 10.1 Å². The van der Waals surface area contributed by atoms with Gasteiger partial charge in [0.15, 0.2) is 5.82 Å². The molecule has 0 atom stereocenters. The predicted octanol–water partition coefficient (Wildman–Crippen LogP) is 6.47. The Bertz CT molecular complexity index is 1580. The molecule has 2 aromatic carbocycles. The summed E-state index contributed by atoms with van der Waals surface area (Å²) in [6, 6.07) is 15.0. The highest BCUT2D eigenvalue weighted by Gasteiger charge is 2.15. The van der Waals surface area contributed by atoms with Gasteiger partial charge in [0.25, 0.3) is 5.69 Å². The van der Waals surface area contributed by atoms with E-state index in [1.165, 1.54) is 12.1 Å². The van der Waals surface area contributed by atoms with E-state index in [-0.39, 0.29) is 29.3 Å². The lowest BCUT2D eigenvalue weighted by Crippen LogP contribution is -1.98. The molecule has 1 N–H and O–H groups in total. The van der Waals surface area contributed by atoms with Crippen LogP contribution in [0.25, 0.3) is 22.6 Å². The van der Waals surface area contributed by atoms with Gasteiger partial charge in [0.1, 0.15) is 18.1 Å². The molecule has 5 rings (SSSR count). The zero-order chi connectivity index (χ0) is 24.4. The maximum atomic E-state index is 11.0. The molecule has 0 unspecified atom stereocenters. The normalized spacial score (nSPS) is 11.4. The molecule has 174 valence electrons. The minimum absolute atomic E-state index is 0.0215. The highest BCUT2D eigenvalue weighted by Crippen LogP contribution is 2.31. The molecule has 0 radical (unpaired) electrons. The number of anilines is 2. The molecule has 0 aliphatic rings. The fourth-order valence-corrected chi connectivity index (χ4v) is 4.07. The number of halogens is 2. The van der Waals surface area contributed by atoms with Crippen molar-refractivity contribution < 1.29 is 14.0 Å². The second-order valence-electron chi connectivity index (χ2n) is 7.03. The summed E-state index contributed by atoms with van der Waals surface area (Å²) >= 11 is 8.19. The van der Waals surface area contributed by atoms with Crippen LogP contribution in [0.1, 0.15) is 5.76 Å². The monoisotopic (exact) mass is 602 g/mol. The minimum atomic E-state index is -0.458. The van der Waals surface area contributed by atoms with Crippen LogP contribution < -0.4 is 5.32 Å². The Morgan fingerprint density at radius 2 is 1.91 bits per heavy atom. The van der Waals surface area contributed by atoms with Gasteiger partial charge in [0.2, 0.25) is 17.1 Å². The Morgan fingerprint density at radius 1 is 1.09 bits per heavy atom. The SMILES string of the molecule is O=[N+]([O-])c1cccc(-c2ccc(CN=Nc3nc4nonc4nc3Nc3ccc(Cl)cc3I)o2)c1. The molecular weight excluding hydrogens is 591 g/mol. The van der Waals surface area contributed by atoms with E-state index in [4.69, 9.17) is 20.6 Å². The second-order valence-corrected chi connectivity index (χ2v) is 8.63. The summed E-state index contributed by atoms with van der Waals surface area (Å²) in [7, 11) is 0. The van der Waals surface area contributed by atoms with E-state index in [1.54, 1.807) is 42.5 Å². The summed E-state index contributed by atoms with van der Waals surface area (Å²) in [5.41, 5.74) is 1.70. The quantitative estimate of drug-likeness (QED) is 0.0954. The molecular formula is C21H12ClIN8O4. The molecule has 14 heteroatoms. The van der Waals surface area contributed by atoms with Gasteiger partial charge in [0, 0.05) is 26.3 Å². The third-order valence-corrected chi connectivity index (χ3v) is 5.80. The number of hydrogen-bond acceptors (Lipinski definition) is 11. The number of azo groups is 1. The Hall–Kier alpha value is -3.98. The van der Waals surface area contributed by atoms with E-state index in [2.05, 4.69) is 58.4 Å². The number of nitrogens with one attached hydrogen (secondary N) is 1. The smallest absolute Gasteiger partial charge is 0.270 e. The van der Waals surface area contributed by atoms with E-state index >= 15 is 0 Å². The van der Waals surface area contributed by atoms with E-state index in [1.807, 2.05) is 0 Å². The standard InChI is InChI=1S/C21H12ClIN8O4/c22-12-4-6-16(15(23)9-12)25-18-19(27-21-20(26-18)29-35-30-21)28-24-10-14-5-7-17(34-14)11-2-1-3-13(8-11)31(32)33/h1-9H,10H2,(H,25,26,29). The molecule has 35 heavy (non-hydrogen) atoms. The zero-order valence-electron chi connectivity index (χ0n) is 17.4. The Morgan fingerprint density at radius 3 is 2.71 bits per heavy atom. The van der Waals surface area contributed by atoms with Crippen molar-refractivity contribution in [1.82, 2.24) is 20.3 Å². The number of fused-ring (bicyclic) bond motifs is 1. The van der Waals surface area contributed by atoms with Crippen molar-refractivity contribution >= 4 is 68.5 Å². The first-order valence-electron chi connectivity index (χ1n) is 9.90. The van der Waals surface area contributed by atoms with Crippen molar-refractivity contribution in [1.29, 1.82) is 0 Å². The third-order valence-electron chi connectivity index (χ3n) is 4.68. The van der Waals surface area contributed by atoms with Crippen LogP contribution >= 0.6 is 34.2 Å². The van der Waals surface area contributed by atoms with Crippen molar-refractivity contribution in [2.75, 3.05) is 5.32 Å². The number of furan rings is 1. The van der Waals surface area contributed by atoms with Gasteiger partial charge in [-0.05, 0) is 63.2 Å². The Kier molecular flexibility index (Phi) is 6.33. The first-order chi connectivity index (χ1) is 17.0. The van der Waals surface area contributed by atoms with E-state index in [0.29, 0.717) is 27.9 Å². The predicted molar refractivity (Wildman–Crippen MR) is 134 cm³/mol. The van der Waals surface area contributed by atoms with Gasteiger partial charge in [-0.2, -0.15) is 10.1 Å². The van der Waals surface area contributed by atoms with E-state index in [9.17, 15) is 10.1 Å². The number of nitro benzene ring substituents is 1. The van der Waals surface area contributed by atoms with Crippen molar-refractivity contribution in [2.24, 2.45) is 10.2 Å². The largest absolute Gasteiger partial charge is 0.459 e. The van der Waals surface area contributed by atoms with Crippen LogP contribution in [-0.4, -0.2) is 25.2 Å². The molecule has 0 bridgehead atoms. The number of benzene rings is 2. The van der Waals surface area contributed by atoms with Crippen LogP contribution in [0.2, 0.25) is 5.02 Å². The molecule has 0 saturated carbocycles. The fourth-order valence-electron chi connectivity index (χ4n) is 3.06. The van der Waals surface area contributed by atoms with Crippen molar-refractivity contribution in [3.05, 3.63) is 79.1 Å². The lowest BCUT2D eigenvalue weighted by atomic mass is 10.1. The van der Waals surface area contributed by atoms with Crippen LogP contribution in [-0.2, 0) is 6.54 Å². The summed E-state index contributed by atoms with van der Waals surface area (Å²) in [5.74, 6) is 1.46. The van der Waals surface area contributed by atoms with Crippen LogP contribution in [0, 0.1) is 13.7 Å². The summed E-state index contributed by atoms with van der Waals surface area (Å²) in [5, 5.41) is 30.6. The second kappa shape index (κ2) is 9.71. The van der Waals surface area contributed by atoms with E-state index in [0.717, 1.165) is 9.26 Å². The van der Waals surface area contributed by atoms with Crippen LogP contribution in [0.15, 0.2) is 73.9 Å². The maximum absolute atomic E-state index is 11.0. The molecule has 5 aromatic rings. The summed E-state index contributed by atoms with van der Waals surface area (Å²) in [6.45, 7) is 0.101. The molecule has 0 aliphatic heterocycles. The lowest BCUT2D eigenvalue weighted by molar-refractivity contribution is -0.384.